The summed E-state index contributed by atoms with van der Waals surface area (Å²) in [7, 11) is 4.27. The third-order valence-electron chi connectivity index (χ3n) is 4.26. The lowest BCUT2D eigenvalue weighted by Gasteiger charge is -2.28. The molecule has 21 heavy (non-hydrogen) atoms. The lowest BCUT2D eigenvalue weighted by molar-refractivity contribution is 0.371. The number of aromatic nitrogens is 1. The van der Waals surface area contributed by atoms with E-state index in [1.165, 1.54) is 23.8 Å². The smallest absolute Gasteiger partial charge is 0.129 e. The van der Waals surface area contributed by atoms with Crippen molar-refractivity contribution in [3.05, 3.63) is 35.9 Å². The van der Waals surface area contributed by atoms with Crippen LogP contribution in [0.2, 0.25) is 0 Å². The van der Waals surface area contributed by atoms with Crippen molar-refractivity contribution in [1.82, 2.24) is 9.88 Å². The Morgan fingerprint density at radius 3 is 2.90 bits per heavy atom. The number of pyridine rings is 1. The van der Waals surface area contributed by atoms with Gasteiger partial charge in [-0.3, -0.25) is 0 Å². The van der Waals surface area contributed by atoms with Crippen LogP contribution >= 0.6 is 0 Å². The lowest BCUT2D eigenvalue weighted by atomic mass is 10.1. The van der Waals surface area contributed by atoms with Crippen LogP contribution in [0.5, 0.6) is 0 Å². The zero-order valence-corrected chi connectivity index (χ0v) is 12.9. The molecule has 4 heteroatoms. The summed E-state index contributed by atoms with van der Waals surface area (Å²) in [6.07, 6.45) is 2.48. The van der Waals surface area contributed by atoms with Crippen molar-refractivity contribution in [2.24, 2.45) is 5.73 Å². The van der Waals surface area contributed by atoms with Gasteiger partial charge in [-0.05, 0) is 44.6 Å². The Morgan fingerprint density at radius 2 is 2.14 bits per heavy atom. The molecule has 4 nitrogen and oxygen atoms in total. The summed E-state index contributed by atoms with van der Waals surface area (Å²) in [6, 6.07) is 11.0. The Kier molecular flexibility index (Phi) is 4.08. The first-order valence-electron chi connectivity index (χ1n) is 7.69. The van der Waals surface area contributed by atoms with E-state index in [9.17, 15) is 0 Å². The second-order valence-corrected chi connectivity index (χ2v) is 6.11. The average Bonchev–Trinajstić information content (AvgIpc) is 2.93. The highest BCUT2D eigenvalue weighted by molar-refractivity contribution is 5.84. The van der Waals surface area contributed by atoms with Crippen LogP contribution in [-0.4, -0.2) is 43.1 Å². The minimum atomic E-state index is 0.555. The zero-order chi connectivity index (χ0) is 14.8. The Morgan fingerprint density at radius 1 is 1.33 bits per heavy atom. The van der Waals surface area contributed by atoms with Crippen LogP contribution in [-0.2, 0) is 6.54 Å². The fourth-order valence-electron chi connectivity index (χ4n) is 3.30. The molecule has 0 amide bonds. The number of anilines is 1. The molecular weight excluding hydrogens is 260 g/mol. The van der Waals surface area contributed by atoms with Gasteiger partial charge in [0.15, 0.2) is 0 Å². The molecule has 0 aliphatic carbocycles. The molecule has 1 unspecified atom stereocenters. The summed E-state index contributed by atoms with van der Waals surface area (Å²) in [5.74, 6) is 1.08. The molecule has 3 rings (SSSR count). The van der Waals surface area contributed by atoms with Gasteiger partial charge >= 0.3 is 0 Å². The second kappa shape index (κ2) is 6.00. The van der Waals surface area contributed by atoms with Gasteiger partial charge in [0.25, 0.3) is 0 Å². The summed E-state index contributed by atoms with van der Waals surface area (Å²) in [5, 5.41) is 1.17. The molecule has 1 atom stereocenters. The quantitative estimate of drug-likeness (QED) is 0.935. The van der Waals surface area contributed by atoms with E-state index in [0.717, 1.165) is 24.4 Å². The molecule has 0 bridgehead atoms. The van der Waals surface area contributed by atoms with Gasteiger partial charge in [-0.1, -0.05) is 18.2 Å². The number of para-hydroxylation sites is 1. The number of nitrogens with zero attached hydrogens (tertiary/aromatic N) is 3. The van der Waals surface area contributed by atoms with Gasteiger partial charge in [-0.2, -0.15) is 0 Å². The van der Waals surface area contributed by atoms with Crippen LogP contribution in [0.15, 0.2) is 30.3 Å². The van der Waals surface area contributed by atoms with Crippen LogP contribution < -0.4 is 10.6 Å². The summed E-state index contributed by atoms with van der Waals surface area (Å²) >= 11 is 0. The van der Waals surface area contributed by atoms with Gasteiger partial charge in [0.05, 0.1) is 5.52 Å². The minimum Gasteiger partial charge on any atom is -0.352 e. The van der Waals surface area contributed by atoms with E-state index >= 15 is 0 Å². The molecule has 1 fully saturated rings. The number of nitrogens with two attached hydrogens (primary N) is 1. The highest BCUT2D eigenvalue weighted by Gasteiger charge is 2.26. The van der Waals surface area contributed by atoms with Gasteiger partial charge < -0.3 is 15.5 Å². The molecule has 0 saturated carbocycles. The Bertz CT molecular complexity index is 623. The van der Waals surface area contributed by atoms with Crippen molar-refractivity contribution < 1.29 is 0 Å². The van der Waals surface area contributed by atoms with Crippen molar-refractivity contribution in [2.45, 2.75) is 25.4 Å². The number of likely N-dealkylation sites (N-methyl/N-ethyl adjacent to an activating group) is 1. The van der Waals surface area contributed by atoms with Crippen molar-refractivity contribution in [3.8, 4) is 0 Å². The monoisotopic (exact) mass is 284 g/mol. The SMILES string of the molecule is CN(C)CC1CCCN1c1cc(CN)c2ccccc2n1. The fourth-order valence-corrected chi connectivity index (χ4v) is 3.30. The van der Waals surface area contributed by atoms with Gasteiger partial charge in [-0.15, -0.1) is 0 Å². The van der Waals surface area contributed by atoms with Crippen molar-refractivity contribution in [2.75, 3.05) is 32.1 Å². The standard InChI is InChI=1S/C17H24N4/c1-20(2)12-14-6-5-9-21(14)17-10-13(11-18)15-7-3-4-8-16(15)19-17/h3-4,7-8,10,14H,5-6,9,11-12,18H2,1-2H3. The predicted molar refractivity (Wildman–Crippen MR) is 88.6 cm³/mol. The van der Waals surface area contributed by atoms with Crippen LogP contribution in [0, 0.1) is 0 Å². The summed E-state index contributed by atoms with van der Waals surface area (Å²) in [4.78, 5) is 9.58. The Balaban J connectivity index is 1.99. The first-order valence-corrected chi connectivity index (χ1v) is 7.69. The zero-order valence-electron chi connectivity index (χ0n) is 12.9. The first kappa shape index (κ1) is 14.3. The molecule has 0 spiro atoms. The molecule has 0 radical (unpaired) electrons. The first-order chi connectivity index (χ1) is 10.2. The normalized spacial score (nSPS) is 18.9. The molecule has 1 saturated heterocycles. The third kappa shape index (κ3) is 2.87. The molecule has 2 N–H and O–H groups in total. The number of benzene rings is 1. The summed E-state index contributed by atoms with van der Waals surface area (Å²) in [5.41, 5.74) is 8.18. The maximum atomic E-state index is 5.94. The van der Waals surface area contributed by atoms with E-state index in [4.69, 9.17) is 10.7 Å². The third-order valence-corrected chi connectivity index (χ3v) is 4.26. The molecular formula is C17H24N4. The number of hydrogen-bond acceptors (Lipinski definition) is 4. The van der Waals surface area contributed by atoms with Crippen LogP contribution in [0.4, 0.5) is 5.82 Å². The van der Waals surface area contributed by atoms with E-state index in [-0.39, 0.29) is 0 Å². The fraction of sp³-hybridized carbons (Fsp3) is 0.471. The Labute approximate surface area is 126 Å². The topological polar surface area (TPSA) is 45.4 Å². The summed E-state index contributed by atoms with van der Waals surface area (Å²) < 4.78 is 0. The molecule has 1 aliphatic rings. The van der Waals surface area contributed by atoms with E-state index in [0.29, 0.717) is 12.6 Å². The molecule has 2 heterocycles. The molecule has 1 aromatic carbocycles. The highest BCUT2D eigenvalue weighted by atomic mass is 15.3. The van der Waals surface area contributed by atoms with Crippen LogP contribution in [0.1, 0.15) is 18.4 Å². The van der Waals surface area contributed by atoms with Crippen molar-refractivity contribution >= 4 is 16.7 Å². The molecule has 1 aliphatic heterocycles. The molecule has 1 aromatic heterocycles. The molecule has 112 valence electrons. The van der Waals surface area contributed by atoms with E-state index in [1.807, 2.05) is 12.1 Å². The highest BCUT2D eigenvalue weighted by Crippen LogP contribution is 2.28. The van der Waals surface area contributed by atoms with Gasteiger partial charge in [0.1, 0.15) is 5.82 Å². The van der Waals surface area contributed by atoms with E-state index in [2.05, 4.69) is 42.1 Å². The van der Waals surface area contributed by atoms with E-state index < -0.39 is 0 Å². The largest absolute Gasteiger partial charge is 0.352 e. The predicted octanol–water partition coefficient (Wildman–Crippen LogP) is 2.22. The van der Waals surface area contributed by atoms with Crippen molar-refractivity contribution in [3.63, 3.8) is 0 Å². The lowest BCUT2D eigenvalue weighted by Crippen LogP contribution is -2.38. The van der Waals surface area contributed by atoms with E-state index in [1.54, 1.807) is 0 Å². The number of fused-ring (bicyclic) bond motifs is 1. The van der Waals surface area contributed by atoms with Gasteiger partial charge in [0.2, 0.25) is 0 Å². The second-order valence-electron chi connectivity index (χ2n) is 6.11. The van der Waals surface area contributed by atoms with Crippen LogP contribution in [0.3, 0.4) is 0 Å². The average molecular weight is 284 g/mol. The number of rotatable bonds is 4. The van der Waals surface area contributed by atoms with Crippen LogP contribution in [0.25, 0.3) is 10.9 Å². The Hall–Kier alpha value is -1.65. The maximum absolute atomic E-state index is 5.94. The van der Waals surface area contributed by atoms with Gasteiger partial charge in [-0.25, -0.2) is 4.98 Å². The number of hydrogen-bond donors (Lipinski definition) is 1. The molecule has 2 aromatic rings. The van der Waals surface area contributed by atoms with Gasteiger partial charge in [0, 0.05) is 31.1 Å². The maximum Gasteiger partial charge on any atom is 0.129 e. The van der Waals surface area contributed by atoms with Crippen molar-refractivity contribution in [1.29, 1.82) is 0 Å². The minimum absolute atomic E-state index is 0.555. The summed E-state index contributed by atoms with van der Waals surface area (Å²) in [6.45, 7) is 2.72.